The fourth-order valence-electron chi connectivity index (χ4n) is 3.35. The molecule has 7 nitrogen and oxygen atoms in total. The van der Waals surface area contributed by atoms with Crippen molar-refractivity contribution in [3.63, 3.8) is 0 Å². The Hall–Kier alpha value is -1.64. The van der Waals surface area contributed by atoms with Crippen molar-refractivity contribution in [3.8, 4) is 0 Å². The summed E-state index contributed by atoms with van der Waals surface area (Å²) < 4.78 is 28.3. The number of aliphatic imine (C=N–C) groups is 1. The zero-order valence-electron chi connectivity index (χ0n) is 19.9. The van der Waals surface area contributed by atoms with E-state index in [4.69, 9.17) is 0 Å². The molecule has 0 aliphatic carbocycles. The summed E-state index contributed by atoms with van der Waals surface area (Å²) in [6.07, 6.45) is 0.998. The van der Waals surface area contributed by atoms with Crippen LogP contribution in [-0.2, 0) is 16.6 Å². The molecule has 0 bridgehead atoms. The molecule has 172 valence electrons. The highest BCUT2D eigenvalue weighted by Crippen LogP contribution is 2.17. The van der Waals surface area contributed by atoms with Gasteiger partial charge in [-0.25, -0.2) is 13.1 Å². The van der Waals surface area contributed by atoms with Gasteiger partial charge in [-0.1, -0.05) is 18.2 Å². The molecule has 0 radical (unpaired) electrons. The Labute approximate surface area is 183 Å². The van der Waals surface area contributed by atoms with E-state index >= 15 is 0 Å². The van der Waals surface area contributed by atoms with Gasteiger partial charge in [0.1, 0.15) is 0 Å². The molecule has 0 unspecified atom stereocenters. The molecule has 0 saturated carbocycles. The van der Waals surface area contributed by atoms with Crippen LogP contribution in [0.1, 0.15) is 60.5 Å². The van der Waals surface area contributed by atoms with E-state index < -0.39 is 15.6 Å². The Bertz CT molecular complexity index is 775. The zero-order valence-corrected chi connectivity index (χ0v) is 20.7. The third-order valence-electron chi connectivity index (χ3n) is 4.58. The fourth-order valence-corrected chi connectivity index (χ4v) is 5.01. The molecule has 0 aromatic heterocycles. The zero-order chi connectivity index (χ0) is 22.9. The summed E-state index contributed by atoms with van der Waals surface area (Å²) in [5.41, 5.74) is 0.152. The quantitative estimate of drug-likeness (QED) is 0.296. The number of sulfonamides is 1. The van der Waals surface area contributed by atoms with Crippen LogP contribution in [-0.4, -0.2) is 57.0 Å². The molecule has 0 fully saturated rings. The van der Waals surface area contributed by atoms with Gasteiger partial charge in [0.15, 0.2) is 5.96 Å². The lowest BCUT2D eigenvalue weighted by atomic mass is 10.1. The molecule has 0 heterocycles. The van der Waals surface area contributed by atoms with Crippen molar-refractivity contribution in [3.05, 3.63) is 29.8 Å². The monoisotopic (exact) mass is 439 g/mol. The Balaban J connectivity index is 2.69. The minimum atomic E-state index is -3.61. The van der Waals surface area contributed by atoms with E-state index in [1.54, 1.807) is 19.2 Å². The van der Waals surface area contributed by atoms with Crippen molar-refractivity contribution in [2.75, 3.05) is 20.1 Å². The average molecular weight is 440 g/mol. The summed E-state index contributed by atoms with van der Waals surface area (Å²) >= 11 is 0. The van der Waals surface area contributed by atoms with Crippen LogP contribution >= 0.6 is 0 Å². The molecular weight excluding hydrogens is 398 g/mol. The summed E-state index contributed by atoms with van der Waals surface area (Å²) in [7, 11) is -1.89. The Morgan fingerprint density at radius 1 is 1.07 bits per heavy atom. The van der Waals surface area contributed by atoms with E-state index in [0.717, 1.165) is 19.5 Å². The van der Waals surface area contributed by atoms with E-state index in [1.807, 2.05) is 32.9 Å². The number of nitrogens with one attached hydrogen (secondary N) is 3. The maximum absolute atomic E-state index is 12.8. The largest absolute Gasteiger partial charge is 0.356 e. The topological polar surface area (TPSA) is 85.8 Å². The maximum Gasteiger partial charge on any atom is 0.241 e. The molecule has 1 aromatic rings. The first-order chi connectivity index (χ1) is 13.9. The lowest BCUT2D eigenvalue weighted by Gasteiger charge is -2.30. The van der Waals surface area contributed by atoms with Crippen molar-refractivity contribution < 1.29 is 8.42 Å². The van der Waals surface area contributed by atoms with Crippen molar-refractivity contribution in [2.45, 2.75) is 83.9 Å². The smallest absolute Gasteiger partial charge is 0.241 e. The molecule has 0 atom stereocenters. The second-order valence-corrected chi connectivity index (χ2v) is 10.7. The van der Waals surface area contributed by atoms with Gasteiger partial charge in [-0.05, 0) is 66.5 Å². The van der Waals surface area contributed by atoms with Crippen LogP contribution in [0.3, 0.4) is 0 Å². The minimum absolute atomic E-state index is 0.285. The predicted octanol–water partition coefficient (Wildman–Crippen LogP) is 2.94. The standard InChI is InChI=1S/C22H41N5O2S/c1-17(2)27(18(3)4)15-11-14-24-21(23-8)25-16-19-12-9-10-13-20(19)30(28,29)26-22(5,6)7/h9-10,12-13,17-18,26H,11,14-16H2,1-8H3,(H2,23,24,25). The third kappa shape index (κ3) is 9.02. The number of nitrogens with zero attached hydrogens (tertiary/aromatic N) is 2. The first-order valence-corrected chi connectivity index (χ1v) is 12.2. The lowest BCUT2D eigenvalue weighted by molar-refractivity contribution is 0.173. The number of hydrogen-bond acceptors (Lipinski definition) is 4. The van der Waals surface area contributed by atoms with Crippen molar-refractivity contribution >= 4 is 16.0 Å². The highest BCUT2D eigenvalue weighted by atomic mass is 32.2. The molecule has 8 heteroatoms. The van der Waals surface area contributed by atoms with E-state index in [0.29, 0.717) is 30.2 Å². The normalized spacial score (nSPS) is 13.4. The Kier molecular flexibility index (Phi) is 10.3. The number of hydrogen-bond donors (Lipinski definition) is 3. The molecule has 0 saturated heterocycles. The second-order valence-electron chi connectivity index (χ2n) is 9.09. The van der Waals surface area contributed by atoms with Gasteiger partial charge in [-0.3, -0.25) is 9.89 Å². The van der Waals surface area contributed by atoms with Crippen LogP contribution < -0.4 is 15.4 Å². The summed E-state index contributed by atoms with van der Waals surface area (Å²) in [5.74, 6) is 0.659. The first-order valence-electron chi connectivity index (χ1n) is 10.7. The van der Waals surface area contributed by atoms with Crippen molar-refractivity contribution in [1.29, 1.82) is 0 Å². The molecule has 1 aromatic carbocycles. The Morgan fingerprint density at radius 2 is 1.67 bits per heavy atom. The van der Waals surface area contributed by atoms with Gasteiger partial charge in [-0.15, -0.1) is 0 Å². The number of benzene rings is 1. The summed E-state index contributed by atoms with van der Waals surface area (Å²) in [4.78, 5) is 7.00. The van der Waals surface area contributed by atoms with Gasteiger partial charge >= 0.3 is 0 Å². The summed E-state index contributed by atoms with van der Waals surface area (Å²) in [6.45, 7) is 16.5. The van der Waals surface area contributed by atoms with Crippen LogP contribution in [0.25, 0.3) is 0 Å². The van der Waals surface area contributed by atoms with Gasteiger partial charge < -0.3 is 10.6 Å². The van der Waals surface area contributed by atoms with Gasteiger partial charge in [0, 0.05) is 44.3 Å². The molecule has 1 rings (SSSR count). The number of guanidine groups is 1. The lowest BCUT2D eigenvalue weighted by Crippen LogP contribution is -2.42. The fraction of sp³-hybridized carbons (Fsp3) is 0.682. The number of rotatable bonds is 10. The third-order valence-corrected chi connectivity index (χ3v) is 6.44. The summed E-state index contributed by atoms with van der Waals surface area (Å²) in [6, 6.07) is 8.07. The molecule has 30 heavy (non-hydrogen) atoms. The SMILES string of the molecule is CN=C(NCCCN(C(C)C)C(C)C)NCc1ccccc1S(=O)(=O)NC(C)(C)C. The van der Waals surface area contributed by atoms with Crippen molar-refractivity contribution in [2.24, 2.45) is 4.99 Å². The van der Waals surface area contributed by atoms with E-state index in [1.165, 1.54) is 0 Å². The molecule has 3 N–H and O–H groups in total. The van der Waals surface area contributed by atoms with Crippen LogP contribution in [0.5, 0.6) is 0 Å². The highest BCUT2D eigenvalue weighted by molar-refractivity contribution is 7.89. The van der Waals surface area contributed by atoms with Gasteiger partial charge in [-0.2, -0.15) is 0 Å². The second kappa shape index (κ2) is 11.7. The van der Waals surface area contributed by atoms with Gasteiger partial charge in [0.05, 0.1) is 4.90 Å². The minimum Gasteiger partial charge on any atom is -0.356 e. The van der Waals surface area contributed by atoms with Gasteiger partial charge in [0.25, 0.3) is 0 Å². The van der Waals surface area contributed by atoms with Crippen LogP contribution in [0.2, 0.25) is 0 Å². The molecule has 0 aliphatic rings. The van der Waals surface area contributed by atoms with Gasteiger partial charge in [0.2, 0.25) is 10.0 Å². The van der Waals surface area contributed by atoms with E-state index in [9.17, 15) is 8.42 Å². The molecule has 0 aliphatic heterocycles. The Morgan fingerprint density at radius 3 is 2.20 bits per heavy atom. The van der Waals surface area contributed by atoms with Crippen LogP contribution in [0.15, 0.2) is 34.2 Å². The van der Waals surface area contributed by atoms with Crippen molar-refractivity contribution in [1.82, 2.24) is 20.3 Å². The van der Waals surface area contributed by atoms with Crippen LogP contribution in [0.4, 0.5) is 0 Å². The van der Waals surface area contributed by atoms with E-state index in [2.05, 4.69) is 52.9 Å². The highest BCUT2D eigenvalue weighted by Gasteiger charge is 2.24. The molecule has 0 amide bonds. The van der Waals surface area contributed by atoms with Crippen LogP contribution in [0, 0.1) is 0 Å². The first kappa shape index (κ1) is 26.4. The predicted molar refractivity (Wildman–Crippen MR) is 126 cm³/mol. The molecule has 0 spiro atoms. The average Bonchev–Trinajstić information content (AvgIpc) is 2.61. The summed E-state index contributed by atoms with van der Waals surface area (Å²) in [5, 5.41) is 6.54. The maximum atomic E-state index is 12.8. The molecular formula is C22H41N5O2S. The van der Waals surface area contributed by atoms with E-state index in [-0.39, 0.29) is 4.90 Å².